The van der Waals surface area contributed by atoms with Crippen LogP contribution in [0.5, 0.6) is 5.75 Å². The van der Waals surface area contributed by atoms with Gasteiger partial charge in [-0.05, 0) is 24.6 Å². The number of rotatable bonds is 7. The number of anilines is 1. The van der Waals surface area contributed by atoms with Gasteiger partial charge in [0.2, 0.25) is 5.13 Å². The van der Waals surface area contributed by atoms with E-state index in [1.165, 1.54) is 36.6 Å². The Hall–Kier alpha value is -1.03. The molecule has 120 valence electrons. The number of hydrogen-bond acceptors (Lipinski definition) is 7. The molecule has 1 N–H and O–H groups in total. The third kappa shape index (κ3) is 4.25. The molecule has 0 bridgehead atoms. The summed E-state index contributed by atoms with van der Waals surface area (Å²) in [7, 11) is -2.30. The van der Waals surface area contributed by atoms with Gasteiger partial charge in [-0.1, -0.05) is 41.6 Å². The summed E-state index contributed by atoms with van der Waals surface area (Å²) in [6.07, 6.45) is 1.01. The highest BCUT2D eigenvalue weighted by atomic mass is 35.5. The summed E-state index contributed by atoms with van der Waals surface area (Å²) in [4.78, 5) is 0.0382. The van der Waals surface area contributed by atoms with Gasteiger partial charge < -0.3 is 4.74 Å². The van der Waals surface area contributed by atoms with Crippen LogP contribution >= 0.6 is 34.7 Å². The van der Waals surface area contributed by atoms with Crippen LogP contribution in [0.3, 0.4) is 0 Å². The first-order valence-corrected chi connectivity index (χ1v) is 9.95. The summed E-state index contributed by atoms with van der Waals surface area (Å²) in [5.74, 6) is 1.32. The fourth-order valence-corrected chi connectivity index (χ4v) is 4.74. The second kappa shape index (κ2) is 7.49. The van der Waals surface area contributed by atoms with Gasteiger partial charge >= 0.3 is 0 Å². The molecule has 0 radical (unpaired) electrons. The number of nitrogens with zero attached hydrogens (tertiary/aromatic N) is 2. The highest BCUT2D eigenvalue weighted by Crippen LogP contribution is 2.30. The quantitative estimate of drug-likeness (QED) is 0.741. The molecule has 1 heterocycles. The first kappa shape index (κ1) is 17.3. The van der Waals surface area contributed by atoms with E-state index in [9.17, 15) is 8.42 Å². The summed E-state index contributed by atoms with van der Waals surface area (Å²) in [6.45, 7) is 2.06. The number of methoxy groups -OCH3 is 1. The summed E-state index contributed by atoms with van der Waals surface area (Å²) >= 11 is 8.70. The Morgan fingerprint density at radius 2 is 2.18 bits per heavy atom. The number of benzene rings is 1. The maximum Gasteiger partial charge on any atom is 0.263 e. The molecule has 0 amide bonds. The summed E-state index contributed by atoms with van der Waals surface area (Å²) < 4.78 is 32.7. The number of hydrogen-bond donors (Lipinski definition) is 1. The highest BCUT2D eigenvalue weighted by Gasteiger charge is 2.18. The number of aromatic nitrogens is 2. The molecule has 1 aromatic carbocycles. The van der Waals surface area contributed by atoms with Gasteiger partial charge in [-0.3, -0.25) is 4.72 Å². The molecule has 0 aliphatic heterocycles. The second-order valence-electron chi connectivity index (χ2n) is 4.12. The molecule has 1 aromatic heterocycles. The number of thioether (sulfide) groups is 1. The van der Waals surface area contributed by atoms with Crippen molar-refractivity contribution >= 4 is 49.9 Å². The molecule has 0 aliphatic rings. The zero-order valence-corrected chi connectivity index (χ0v) is 15.1. The molecule has 0 saturated heterocycles. The van der Waals surface area contributed by atoms with Crippen LogP contribution < -0.4 is 9.46 Å². The first-order valence-electron chi connectivity index (χ1n) is 6.29. The highest BCUT2D eigenvalue weighted by molar-refractivity contribution is 8.01. The van der Waals surface area contributed by atoms with Gasteiger partial charge in [-0.2, -0.15) is 0 Å². The Labute approximate surface area is 142 Å². The van der Waals surface area contributed by atoms with Gasteiger partial charge in [0.15, 0.2) is 4.34 Å². The van der Waals surface area contributed by atoms with Crippen molar-refractivity contribution in [3.8, 4) is 5.75 Å². The van der Waals surface area contributed by atoms with Crippen molar-refractivity contribution in [1.82, 2.24) is 10.2 Å². The minimum atomic E-state index is -3.76. The predicted octanol–water partition coefficient (Wildman–Crippen LogP) is 3.50. The molecule has 2 rings (SSSR count). The lowest BCUT2D eigenvalue weighted by Gasteiger charge is -2.07. The van der Waals surface area contributed by atoms with Crippen LogP contribution in [0.4, 0.5) is 5.13 Å². The van der Waals surface area contributed by atoms with Crippen molar-refractivity contribution in [3.63, 3.8) is 0 Å². The minimum Gasteiger partial charge on any atom is -0.495 e. The minimum absolute atomic E-state index is 0.0382. The lowest BCUT2D eigenvalue weighted by Crippen LogP contribution is -2.12. The van der Waals surface area contributed by atoms with E-state index in [1.807, 2.05) is 0 Å². The normalized spacial score (nSPS) is 11.4. The predicted molar refractivity (Wildman–Crippen MR) is 89.7 cm³/mol. The molecule has 0 spiro atoms. The van der Waals surface area contributed by atoms with Gasteiger partial charge in [-0.15, -0.1) is 10.2 Å². The summed E-state index contributed by atoms with van der Waals surface area (Å²) in [5.41, 5.74) is 0. The smallest absolute Gasteiger partial charge is 0.263 e. The van der Waals surface area contributed by atoms with Crippen LogP contribution in [0, 0.1) is 0 Å². The molecule has 0 saturated carbocycles. The Morgan fingerprint density at radius 3 is 2.82 bits per heavy atom. The Bertz CT molecular complexity index is 749. The molecule has 0 fully saturated rings. The molecule has 0 unspecified atom stereocenters. The zero-order valence-electron chi connectivity index (χ0n) is 11.9. The molecule has 2 aromatic rings. The monoisotopic (exact) mass is 379 g/mol. The van der Waals surface area contributed by atoms with Crippen molar-refractivity contribution in [2.45, 2.75) is 22.6 Å². The van der Waals surface area contributed by atoms with E-state index < -0.39 is 10.0 Å². The van der Waals surface area contributed by atoms with Crippen molar-refractivity contribution in [2.24, 2.45) is 0 Å². The number of halogens is 1. The van der Waals surface area contributed by atoms with Crippen LogP contribution in [-0.4, -0.2) is 31.5 Å². The number of sulfonamides is 1. The molecule has 0 atom stereocenters. The molecular formula is C12H14ClN3O3S3. The van der Waals surface area contributed by atoms with E-state index in [1.54, 1.807) is 11.8 Å². The average Bonchev–Trinajstić information content (AvgIpc) is 2.91. The van der Waals surface area contributed by atoms with Crippen molar-refractivity contribution in [1.29, 1.82) is 0 Å². The van der Waals surface area contributed by atoms with Gasteiger partial charge in [-0.25, -0.2) is 8.42 Å². The molecule has 0 aliphatic carbocycles. The molecule has 6 nitrogen and oxygen atoms in total. The van der Waals surface area contributed by atoms with Crippen molar-refractivity contribution in [3.05, 3.63) is 23.2 Å². The zero-order chi connectivity index (χ0) is 16.2. The SMILES string of the molecule is CCCSc1nnc(NS(=O)(=O)c2ccc(OC)c(Cl)c2)s1. The Morgan fingerprint density at radius 1 is 1.41 bits per heavy atom. The number of ether oxygens (including phenoxy) is 1. The lowest BCUT2D eigenvalue weighted by molar-refractivity contribution is 0.414. The van der Waals surface area contributed by atoms with Crippen LogP contribution in [0.25, 0.3) is 0 Å². The fraction of sp³-hybridized carbons (Fsp3) is 0.333. The number of nitrogens with one attached hydrogen (secondary N) is 1. The lowest BCUT2D eigenvalue weighted by atomic mass is 10.3. The molecule has 22 heavy (non-hydrogen) atoms. The van der Waals surface area contributed by atoms with Crippen LogP contribution in [0.1, 0.15) is 13.3 Å². The van der Waals surface area contributed by atoms with Gasteiger partial charge in [0, 0.05) is 5.75 Å². The van der Waals surface area contributed by atoms with E-state index in [2.05, 4.69) is 21.8 Å². The second-order valence-corrected chi connectivity index (χ2v) is 8.53. The van der Waals surface area contributed by atoms with E-state index in [-0.39, 0.29) is 15.0 Å². The first-order chi connectivity index (χ1) is 10.5. The van der Waals surface area contributed by atoms with E-state index in [0.29, 0.717) is 5.75 Å². The van der Waals surface area contributed by atoms with E-state index in [4.69, 9.17) is 16.3 Å². The molecular weight excluding hydrogens is 366 g/mol. The summed E-state index contributed by atoms with van der Waals surface area (Å²) in [5, 5.41) is 8.22. The maximum absolute atomic E-state index is 12.3. The fourth-order valence-electron chi connectivity index (χ4n) is 1.49. The topological polar surface area (TPSA) is 81.2 Å². The summed E-state index contributed by atoms with van der Waals surface area (Å²) in [6, 6.07) is 4.25. The maximum atomic E-state index is 12.3. The average molecular weight is 380 g/mol. The third-order valence-corrected chi connectivity index (χ3v) is 6.43. The van der Waals surface area contributed by atoms with Crippen LogP contribution in [0.2, 0.25) is 5.02 Å². The van der Waals surface area contributed by atoms with E-state index >= 15 is 0 Å². The molecule has 10 heteroatoms. The largest absolute Gasteiger partial charge is 0.495 e. The van der Waals surface area contributed by atoms with Crippen molar-refractivity contribution in [2.75, 3.05) is 17.6 Å². The van der Waals surface area contributed by atoms with Gasteiger partial charge in [0.1, 0.15) is 5.75 Å². The van der Waals surface area contributed by atoms with Gasteiger partial charge in [0.05, 0.1) is 17.0 Å². The van der Waals surface area contributed by atoms with Crippen LogP contribution in [-0.2, 0) is 10.0 Å². The Kier molecular flexibility index (Phi) is 5.90. The third-order valence-electron chi connectivity index (χ3n) is 2.49. The standard InChI is InChI=1S/C12H14ClN3O3S3/c1-3-6-20-12-15-14-11(21-12)16-22(17,18)8-4-5-10(19-2)9(13)7-8/h4-5,7H,3,6H2,1-2H3,(H,14,16). The van der Waals surface area contributed by atoms with Crippen LogP contribution in [0.15, 0.2) is 27.4 Å². The van der Waals surface area contributed by atoms with Crippen molar-refractivity contribution < 1.29 is 13.2 Å². The van der Waals surface area contributed by atoms with Gasteiger partial charge in [0.25, 0.3) is 10.0 Å². The van der Waals surface area contributed by atoms with E-state index in [0.717, 1.165) is 16.5 Å². The Balaban J connectivity index is 2.17.